The summed E-state index contributed by atoms with van der Waals surface area (Å²) >= 11 is 0. The summed E-state index contributed by atoms with van der Waals surface area (Å²) in [6.07, 6.45) is 0. The van der Waals surface area contributed by atoms with Gasteiger partial charge in [0.1, 0.15) is 0 Å². The molecule has 0 aliphatic heterocycles. The van der Waals surface area contributed by atoms with Crippen LogP contribution in [-0.2, 0) is 16.4 Å². The smallest absolute Gasteiger partial charge is 0.243 e. The minimum atomic E-state index is -3.00. The van der Waals surface area contributed by atoms with Crippen LogP contribution >= 0.6 is 0 Å². The Labute approximate surface area is 88.6 Å². The maximum atomic E-state index is 11.2. The molecule has 0 atom stereocenters. The zero-order valence-corrected chi connectivity index (χ0v) is 9.58. The van der Waals surface area contributed by atoms with Crippen LogP contribution in [0.25, 0.3) is 0 Å². The molecule has 0 spiro atoms. The number of nitrogens with zero attached hydrogens (tertiary/aromatic N) is 3. The molecular formula is C7H15N5O2S. The molecule has 0 amide bonds. The summed E-state index contributed by atoms with van der Waals surface area (Å²) in [6.45, 7) is 1.84. The number of rotatable bonds is 5. The summed E-state index contributed by atoms with van der Waals surface area (Å²) in [5.41, 5.74) is 5.54. The zero-order valence-electron chi connectivity index (χ0n) is 8.77. The molecule has 3 N–H and O–H groups in total. The first-order valence-corrected chi connectivity index (χ1v) is 6.39. The number of nitrogen functional groups attached to an aromatic ring is 1. The fourth-order valence-electron chi connectivity index (χ4n) is 0.994. The average molecular weight is 233 g/mol. The van der Waals surface area contributed by atoms with Gasteiger partial charge >= 0.3 is 0 Å². The van der Waals surface area contributed by atoms with Crippen molar-refractivity contribution >= 4 is 21.7 Å². The number of aromatic nitrogens is 3. The summed E-state index contributed by atoms with van der Waals surface area (Å²) in [5, 5.41) is 6.70. The van der Waals surface area contributed by atoms with E-state index < -0.39 is 9.84 Å². The molecule has 1 aromatic rings. The van der Waals surface area contributed by atoms with Crippen LogP contribution < -0.4 is 11.1 Å². The van der Waals surface area contributed by atoms with Gasteiger partial charge in [-0.3, -0.25) is 0 Å². The van der Waals surface area contributed by atoms with Gasteiger partial charge in [-0.1, -0.05) is 6.92 Å². The van der Waals surface area contributed by atoms with Gasteiger partial charge in [0.2, 0.25) is 11.9 Å². The highest BCUT2D eigenvalue weighted by Crippen LogP contribution is 2.04. The molecule has 7 nitrogen and oxygen atoms in total. The Balaban J connectivity index is 2.69. The third-order valence-corrected chi connectivity index (χ3v) is 3.66. The summed E-state index contributed by atoms with van der Waals surface area (Å²) in [5.74, 6) is 0.757. The van der Waals surface area contributed by atoms with E-state index in [1.54, 1.807) is 14.0 Å². The topological polar surface area (TPSA) is 103 Å². The maximum absolute atomic E-state index is 11.2. The molecule has 0 aliphatic carbocycles. The van der Waals surface area contributed by atoms with E-state index in [1.807, 2.05) is 0 Å². The lowest BCUT2D eigenvalue weighted by molar-refractivity contribution is 0.583. The Bertz CT molecular complexity index is 425. The van der Waals surface area contributed by atoms with Crippen molar-refractivity contribution in [3.63, 3.8) is 0 Å². The Morgan fingerprint density at radius 1 is 1.53 bits per heavy atom. The molecule has 0 aromatic carbocycles. The lowest BCUT2D eigenvalue weighted by atomic mass is 10.7. The Morgan fingerprint density at radius 2 is 2.20 bits per heavy atom. The summed E-state index contributed by atoms with van der Waals surface area (Å²) < 4.78 is 23.9. The molecule has 0 fully saturated rings. The van der Waals surface area contributed by atoms with Crippen molar-refractivity contribution < 1.29 is 8.42 Å². The Hall–Kier alpha value is -1.31. The largest absolute Gasteiger partial charge is 0.368 e. The number of anilines is 2. The predicted octanol–water partition coefficient (Wildman–Crippen LogP) is -0.663. The maximum Gasteiger partial charge on any atom is 0.243 e. The molecule has 1 rings (SSSR count). The minimum absolute atomic E-state index is 0.0280. The van der Waals surface area contributed by atoms with Gasteiger partial charge < -0.3 is 11.1 Å². The van der Waals surface area contributed by atoms with E-state index in [2.05, 4.69) is 15.4 Å². The highest BCUT2D eigenvalue weighted by Gasteiger charge is 2.11. The van der Waals surface area contributed by atoms with E-state index in [0.29, 0.717) is 5.95 Å². The first-order valence-electron chi connectivity index (χ1n) is 4.57. The number of hydrogen-bond acceptors (Lipinski definition) is 6. The van der Waals surface area contributed by atoms with Crippen molar-refractivity contribution in [1.29, 1.82) is 0 Å². The number of nitrogens with two attached hydrogens (primary N) is 1. The lowest BCUT2D eigenvalue weighted by Gasteiger charge is -2.02. The molecule has 1 aromatic heterocycles. The van der Waals surface area contributed by atoms with E-state index in [4.69, 9.17) is 5.73 Å². The van der Waals surface area contributed by atoms with Gasteiger partial charge in [0.05, 0.1) is 12.3 Å². The molecule has 8 heteroatoms. The van der Waals surface area contributed by atoms with E-state index in [9.17, 15) is 8.42 Å². The van der Waals surface area contributed by atoms with Crippen molar-refractivity contribution in [2.24, 2.45) is 0 Å². The number of sulfone groups is 1. The molecular weight excluding hydrogens is 218 g/mol. The van der Waals surface area contributed by atoms with Crippen molar-refractivity contribution in [1.82, 2.24) is 14.8 Å². The van der Waals surface area contributed by atoms with E-state index in [-0.39, 0.29) is 24.0 Å². The quantitative estimate of drug-likeness (QED) is 0.699. The van der Waals surface area contributed by atoms with Crippen molar-refractivity contribution in [2.45, 2.75) is 13.5 Å². The van der Waals surface area contributed by atoms with Gasteiger partial charge in [-0.15, -0.1) is 5.10 Å². The monoisotopic (exact) mass is 233 g/mol. The minimum Gasteiger partial charge on any atom is -0.368 e. The van der Waals surface area contributed by atoms with E-state index in [1.165, 1.54) is 4.68 Å². The first kappa shape index (κ1) is 11.8. The van der Waals surface area contributed by atoms with Crippen molar-refractivity contribution in [3.05, 3.63) is 0 Å². The van der Waals surface area contributed by atoms with Crippen LogP contribution in [-0.4, -0.2) is 41.7 Å². The van der Waals surface area contributed by atoms with Gasteiger partial charge in [-0.2, -0.15) is 4.98 Å². The standard InChI is InChI=1S/C7H15N5O2S/c1-3-15(13,14)5-4-12-6(8)10-7(9-2)11-12/h3-5H2,1-2H3,(H3,8,9,10,11). The van der Waals surface area contributed by atoms with Gasteiger partial charge in [-0.25, -0.2) is 13.1 Å². The third kappa shape index (κ3) is 3.08. The number of nitrogens with one attached hydrogen (secondary N) is 1. The van der Waals surface area contributed by atoms with Crippen LogP contribution in [0, 0.1) is 0 Å². The molecule has 1 heterocycles. The first-order chi connectivity index (χ1) is 6.98. The molecule has 0 radical (unpaired) electrons. The van der Waals surface area contributed by atoms with Gasteiger partial charge in [0, 0.05) is 12.8 Å². The molecule has 0 aliphatic rings. The van der Waals surface area contributed by atoms with E-state index >= 15 is 0 Å². The Kier molecular flexibility index (Phi) is 3.51. The molecule has 0 bridgehead atoms. The van der Waals surface area contributed by atoms with Crippen LogP contribution in [0.1, 0.15) is 6.92 Å². The number of aryl methyl sites for hydroxylation is 1. The van der Waals surface area contributed by atoms with Crippen LogP contribution in [0.5, 0.6) is 0 Å². The summed E-state index contributed by atoms with van der Waals surface area (Å²) in [4.78, 5) is 3.88. The molecule has 0 saturated heterocycles. The summed E-state index contributed by atoms with van der Waals surface area (Å²) in [7, 11) is -1.33. The second-order valence-electron chi connectivity index (χ2n) is 3.00. The fraction of sp³-hybridized carbons (Fsp3) is 0.714. The van der Waals surface area contributed by atoms with Crippen LogP contribution in [0.2, 0.25) is 0 Å². The summed E-state index contributed by atoms with van der Waals surface area (Å²) in [6, 6.07) is 0. The fourth-order valence-corrected chi connectivity index (χ4v) is 1.73. The lowest BCUT2D eigenvalue weighted by Crippen LogP contribution is -2.16. The van der Waals surface area contributed by atoms with Crippen molar-refractivity contribution in [3.8, 4) is 0 Å². The molecule has 86 valence electrons. The SMILES string of the molecule is CCS(=O)(=O)CCn1nc(NC)nc1N. The van der Waals surface area contributed by atoms with Gasteiger partial charge in [-0.05, 0) is 0 Å². The molecule has 0 unspecified atom stereocenters. The molecule has 0 saturated carbocycles. The molecule has 15 heavy (non-hydrogen) atoms. The average Bonchev–Trinajstić information content (AvgIpc) is 2.57. The second kappa shape index (κ2) is 4.47. The normalized spacial score (nSPS) is 11.6. The second-order valence-corrected chi connectivity index (χ2v) is 5.48. The van der Waals surface area contributed by atoms with Gasteiger partial charge in [0.15, 0.2) is 9.84 Å². The highest BCUT2D eigenvalue weighted by molar-refractivity contribution is 7.91. The van der Waals surface area contributed by atoms with Crippen LogP contribution in [0.3, 0.4) is 0 Å². The van der Waals surface area contributed by atoms with Crippen LogP contribution in [0.4, 0.5) is 11.9 Å². The zero-order chi connectivity index (χ0) is 11.5. The highest BCUT2D eigenvalue weighted by atomic mass is 32.2. The Morgan fingerprint density at radius 3 is 2.67 bits per heavy atom. The van der Waals surface area contributed by atoms with Crippen LogP contribution in [0.15, 0.2) is 0 Å². The van der Waals surface area contributed by atoms with Gasteiger partial charge in [0.25, 0.3) is 0 Å². The van der Waals surface area contributed by atoms with E-state index in [0.717, 1.165) is 0 Å². The predicted molar refractivity (Wildman–Crippen MR) is 58.3 cm³/mol. The third-order valence-electron chi connectivity index (χ3n) is 1.98. The number of hydrogen-bond donors (Lipinski definition) is 2. The van der Waals surface area contributed by atoms with Crippen molar-refractivity contribution in [2.75, 3.05) is 29.6 Å².